The molecule has 2 amide bonds. The van der Waals surface area contributed by atoms with Crippen molar-refractivity contribution in [3.05, 3.63) is 60.2 Å². The molecule has 4 heteroatoms. The summed E-state index contributed by atoms with van der Waals surface area (Å²) >= 11 is 1.80. The number of carbonyl (C=O) groups is 1. The first kappa shape index (κ1) is 15.4. The van der Waals surface area contributed by atoms with Gasteiger partial charge < -0.3 is 10.6 Å². The molecule has 0 saturated heterocycles. The Labute approximate surface area is 130 Å². The van der Waals surface area contributed by atoms with Gasteiger partial charge in [-0.15, -0.1) is 11.8 Å². The summed E-state index contributed by atoms with van der Waals surface area (Å²) in [6.45, 7) is 2.72. The van der Waals surface area contributed by atoms with Gasteiger partial charge in [-0.25, -0.2) is 4.79 Å². The van der Waals surface area contributed by atoms with Crippen molar-refractivity contribution < 1.29 is 4.79 Å². The van der Waals surface area contributed by atoms with Crippen LogP contribution in [0.5, 0.6) is 0 Å². The van der Waals surface area contributed by atoms with Crippen molar-refractivity contribution in [1.29, 1.82) is 0 Å². The quantitative estimate of drug-likeness (QED) is 0.771. The Kier molecular flexibility index (Phi) is 6.16. The predicted molar refractivity (Wildman–Crippen MR) is 89.8 cm³/mol. The van der Waals surface area contributed by atoms with Crippen LogP contribution in [-0.4, -0.2) is 12.6 Å². The van der Waals surface area contributed by atoms with Crippen LogP contribution in [0.25, 0.3) is 0 Å². The van der Waals surface area contributed by atoms with Crippen LogP contribution >= 0.6 is 11.8 Å². The lowest BCUT2D eigenvalue weighted by Crippen LogP contribution is -2.29. The maximum Gasteiger partial charge on any atom is 0.319 e. The van der Waals surface area contributed by atoms with Crippen LogP contribution in [-0.2, 0) is 5.75 Å². The van der Waals surface area contributed by atoms with Gasteiger partial charge in [-0.05, 0) is 36.2 Å². The molecular formula is C17H20N2OS. The van der Waals surface area contributed by atoms with Crippen LogP contribution in [0, 0.1) is 0 Å². The highest BCUT2D eigenvalue weighted by molar-refractivity contribution is 7.98. The Balaban J connectivity index is 1.83. The van der Waals surface area contributed by atoms with E-state index in [0.717, 1.165) is 17.9 Å². The molecular weight excluding hydrogens is 280 g/mol. The zero-order chi connectivity index (χ0) is 14.9. The molecule has 21 heavy (non-hydrogen) atoms. The third kappa shape index (κ3) is 5.52. The molecule has 0 bridgehead atoms. The van der Waals surface area contributed by atoms with Crippen LogP contribution < -0.4 is 10.6 Å². The number of benzene rings is 2. The Hall–Kier alpha value is -1.94. The lowest BCUT2D eigenvalue weighted by atomic mass is 10.2. The Morgan fingerprint density at radius 1 is 1.05 bits per heavy atom. The molecule has 0 aliphatic heterocycles. The molecule has 0 aliphatic rings. The molecule has 0 saturated carbocycles. The Morgan fingerprint density at radius 3 is 2.43 bits per heavy atom. The van der Waals surface area contributed by atoms with E-state index in [4.69, 9.17) is 0 Å². The van der Waals surface area contributed by atoms with Crippen molar-refractivity contribution in [3.63, 3.8) is 0 Å². The summed E-state index contributed by atoms with van der Waals surface area (Å²) in [7, 11) is 0. The molecule has 0 atom stereocenters. The third-order valence-electron chi connectivity index (χ3n) is 2.90. The van der Waals surface area contributed by atoms with Crippen molar-refractivity contribution in [2.75, 3.05) is 11.9 Å². The van der Waals surface area contributed by atoms with Gasteiger partial charge in [-0.2, -0.15) is 0 Å². The first-order chi connectivity index (χ1) is 10.3. The van der Waals surface area contributed by atoms with Crippen LogP contribution in [0.3, 0.4) is 0 Å². The van der Waals surface area contributed by atoms with E-state index in [0.29, 0.717) is 6.54 Å². The summed E-state index contributed by atoms with van der Waals surface area (Å²) in [6.07, 6.45) is 0.934. The minimum Gasteiger partial charge on any atom is -0.338 e. The molecule has 2 aromatic carbocycles. The minimum atomic E-state index is -0.150. The highest BCUT2D eigenvalue weighted by Gasteiger charge is 2.01. The van der Waals surface area contributed by atoms with E-state index in [2.05, 4.69) is 22.8 Å². The van der Waals surface area contributed by atoms with E-state index in [1.54, 1.807) is 11.8 Å². The van der Waals surface area contributed by atoms with Crippen LogP contribution in [0.4, 0.5) is 10.5 Å². The van der Waals surface area contributed by atoms with Crippen molar-refractivity contribution in [3.8, 4) is 0 Å². The molecule has 2 rings (SSSR count). The Bertz CT molecular complexity index is 555. The second-order valence-electron chi connectivity index (χ2n) is 4.68. The molecule has 0 radical (unpaired) electrons. The predicted octanol–water partition coefficient (Wildman–Crippen LogP) is 4.51. The molecule has 0 heterocycles. The summed E-state index contributed by atoms with van der Waals surface area (Å²) in [5.74, 6) is 0.923. The van der Waals surface area contributed by atoms with E-state index in [-0.39, 0.29) is 6.03 Å². The smallest absolute Gasteiger partial charge is 0.319 e. The summed E-state index contributed by atoms with van der Waals surface area (Å²) in [5, 5.41) is 5.61. The molecule has 0 unspecified atom stereocenters. The maximum absolute atomic E-state index is 11.5. The van der Waals surface area contributed by atoms with Crippen LogP contribution in [0.1, 0.15) is 18.9 Å². The zero-order valence-electron chi connectivity index (χ0n) is 12.1. The lowest BCUT2D eigenvalue weighted by molar-refractivity contribution is 0.252. The molecule has 2 aromatic rings. The number of hydrogen-bond acceptors (Lipinski definition) is 2. The van der Waals surface area contributed by atoms with Crippen LogP contribution in [0.2, 0.25) is 0 Å². The van der Waals surface area contributed by atoms with Crippen molar-refractivity contribution >= 4 is 23.5 Å². The monoisotopic (exact) mass is 300 g/mol. The fourth-order valence-corrected chi connectivity index (χ4v) is 2.66. The van der Waals surface area contributed by atoms with Crippen LogP contribution in [0.15, 0.2) is 59.5 Å². The number of urea groups is 1. The van der Waals surface area contributed by atoms with Gasteiger partial charge in [0.1, 0.15) is 0 Å². The van der Waals surface area contributed by atoms with Gasteiger partial charge in [0.15, 0.2) is 0 Å². The topological polar surface area (TPSA) is 41.1 Å². The van der Waals surface area contributed by atoms with E-state index in [1.807, 2.05) is 49.4 Å². The normalized spacial score (nSPS) is 10.1. The van der Waals surface area contributed by atoms with Gasteiger partial charge in [-0.3, -0.25) is 0 Å². The second kappa shape index (κ2) is 8.37. The van der Waals surface area contributed by atoms with Gasteiger partial charge >= 0.3 is 6.03 Å². The van der Waals surface area contributed by atoms with Gasteiger partial charge in [0.2, 0.25) is 0 Å². The number of anilines is 1. The minimum absolute atomic E-state index is 0.150. The number of nitrogens with one attached hydrogen (secondary N) is 2. The summed E-state index contributed by atoms with van der Waals surface area (Å²) < 4.78 is 0. The first-order valence-electron chi connectivity index (χ1n) is 7.09. The van der Waals surface area contributed by atoms with Gasteiger partial charge in [0, 0.05) is 22.9 Å². The summed E-state index contributed by atoms with van der Waals surface area (Å²) in [5.41, 5.74) is 2.06. The van der Waals surface area contributed by atoms with Crippen molar-refractivity contribution in [1.82, 2.24) is 5.32 Å². The zero-order valence-corrected chi connectivity index (χ0v) is 13.0. The molecule has 0 aromatic heterocycles. The number of amides is 2. The van der Waals surface area contributed by atoms with E-state index < -0.39 is 0 Å². The molecule has 2 N–H and O–H groups in total. The average molecular weight is 300 g/mol. The molecule has 110 valence electrons. The SMILES string of the molecule is CCCNC(=O)Nc1ccc(CSc2ccccc2)cc1. The van der Waals surface area contributed by atoms with Gasteiger partial charge in [0.05, 0.1) is 0 Å². The molecule has 0 aliphatic carbocycles. The van der Waals surface area contributed by atoms with Gasteiger partial charge in [0.25, 0.3) is 0 Å². The molecule has 0 fully saturated rings. The Morgan fingerprint density at radius 2 is 1.76 bits per heavy atom. The van der Waals surface area contributed by atoms with Crippen molar-refractivity contribution in [2.45, 2.75) is 24.0 Å². The fourth-order valence-electron chi connectivity index (χ4n) is 1.78. The number of thioether (sulfide) groups is 1. The first-order valence-corrected chi connectivity index (χ1v) is 8.08. The number of hydrogen-bond donors (Lipinski definition) is 2. The van der Waals surface area contributed by atoms with Crippen molar-refractivity contribution in [2.24, 2.45) is 0 Å². The summed E-state index contributed by atoms with van der Waals surface area (Å²) in [4.78, 5) is 12.8. The summed E-state index contributed by atoms with van der Waals surface area (Å²) in [6, 6.07) is 18.2. The van der Waals surface area contributed by atoms with E-state index in [9.17, 15) is 4.79 Å². The third-order valence-corrected chi connectivity index (χ3v) is 3.98. The largest absolute Gasteiger partial charge is 0.338 e. The number of rotatable bonds is 6. The standard InChI is InChI=1S/C17H20N2OS/c1-2-12-18-17(20)19-15-10-8-14(9-11-15)13-21-16-6-4-3-5-7-16/h3-11H,2,12-13H2,1H3,(H2,18,19,20). The van der Waals surface area contributed by atoms with E-state index in [1.165, 1.54) is 10.5 Å². The lowest BCUT2D eigenvalue weighted by Gasteiger charge is -2.07. The van der Waals surface area contributed by atoms with Gasteiger partial charge in [-0.1, -0.05) is 37.3 Å². The average Bonchev–Trinajstić information content (AvgIpc) is 2.53. The highest BCUT2D eigenvalue weighted by atomic mass is 32.2. The molecule has 3 nitrogen and oxygen atoms in total. The maximum atomic E-state index is 11.5. The second-order valence-corrected chi connectivity index (χ2v) is 5.73. The highest BCUT2D eigenvalue weighted by Crippen LogP contribution is 2.22. The molecule has 0 spiro atoms. The number of carbonyl (C=O) groups excluding carboxylic acids is 1. The fraction of sp³-hybridized carbons (Fsp3) is 0.235. The van der Waals surface area contributed by atoms with E-state index >= 15 is 0 Å².